The fraction of sp³-hybridized carbons (Fsp3) is 0.0952. The number of aryl methyl sites for hydroxylation is 1. The summed E-state index contributed by atoms with van der Waals surface area (Å²) in [5.41, 5.74) is 0.995. The molecule has 0 radical (unpaired) electrons. The van der Waals surface area contributed by atoms with Crippen molar-refractivity contribution in [1.29, 1.82) is 0 Å². The lowest BCUT2D eigenvalue weighted by Gasteiger charge is -2.10. The molecule has 0 fully saturated rings. The molecule has 3 rings (SSSR count). The molecule has 0 unspecified atom stereocenters. The van der Waals surface area contributed by atoms with Gasteiger partial charge in [0, 0.05) is 6.07 Å². The van der Waals surface area contributed by atoms with Crippen LogP contribution in [0.1, 0.15) is 15.9 Å². The van der Waals surface area contributed by atoms with E-state index in [1.54, 1.807) is 30.3 Å². The first-order valence-corrected chi connectivity index (χ1v) is 9.80. The highest BCUT2D eigenvalue weighted by molar-refractivity contribution is 7.91. The molecular formula is C21H18O6S. The number of benzene rings is 3. The molecule has 6 nitrogen and oxygen atoms in total. The van der Waals surface area contributed by atoms with Crippen molar-refractivity contribution in [2.24, 2.45) is 0 Å². The van der Waals surface area contributed by atoms with E-state index in [-0.39, 0.29) is 21.1 Å². The molecule has 0 aliphatic heterocycles. The number of carboxylic acids is 1. The van der Waals surface area contributed by atoms with Crippen LogP contribution in [0.15, 0.2) is 76.5 Å². The number of ether oxygens (including phenoxy) is 2. The summed E-state index contributed by atoms with van der Waals surface area (Å²) in [6.45, 7) is 1.89. The van der Waals surface area contributed by atoms with E-state index in [2.05, 4.69) is 0 Å². The van der Waals surface area contributed by atoms with Crippen LogP contribution in [0.3, 0.4) is 0 Å². The van der Waals surface area contributed by atoms with Gasteiger partial charge in [0.05, 0.1) is 22.5 Å². The van der Waals surface area contributed by atoms with Crippen LogP contribution in [-0.2, 0) is 9.84 Å². The number of methoxy groups -OCH3 is 1. The van der Waals surface area contributed by atoms with Crippen LogP contribution >= 0.6 is 0 Å². The van der Waals surface area contributed by atoms with Crippen LogP contribution in [-0.4, -0.2) is 26.6 Å². The van der Waals surface area contributed by atoms with Crippen molar-refractivity contribution >= 4 is 15.8 Å². The summed E-state index contributed by atoms with van der Waals surface area (Å²) in [7, 11) is -2.20. The van der Waals surface area contributed by atoms with Crippen LogP contribution in [0.5, 0.6) is 17.2 Å². The number of hydrogen-bond donors (Lipinski definition) is 1. The largest absolute Gasteiger partial charge is 0.497 e. The molecular weight excluding hydrogens is 380 g/mol. The molecule has 0 aromatic heterocycles. The quantitative estimate of drug-likeness (QED) is 0.665. The maximum absolute atomic E-state index is 12.7. The minimum absolute atomic E-state index is 0.0212. The van der Waals surface area contributed by atoms with Crippen LogP contribution in [0.25, 0.3) is 0 Å². The zero-order valence-electron chi connectivity index (χ0n) is 15.2. The van der Waals surface area contributed by atoms with Crippen molar-refractivity contribution in [2.45, 2.75) is 16.7 Å². The standard InChI is InChI=1S/C21H18O6S/c1-14-3-7-19(8-4-14)28(24,25)20-9-5-16(6-10-20)27-18-12-15(21(22)23)11-17(13-18)26-2/h3-13H,1-2H3,(H,22,23). The van der Waals surface area contributed by atoms with Gasteiger partial charge < -0.3 is 14.6 Å². The van der Waals surface area contributed by atoms with E-state index in [1.807, 2.05) is 6.92 Å². The molecule has 0 aliphatic carbocycles. The fourth-order valence-corrected chi connectivity index (χ4v) is 3.81. The van der Waals surface area contributed by atoms with Crippen molar-refractivity contribution in [3.8, 4) is 17.2 Å². The lowest BCUT2D eigenvalue weighted by molar-refractivity contribution is 0.0696. The third-order valence-corrected chi connectivity index (χ3v) is 5.85. The first-order chi connectivity index (χ1) is 13.3. The summed E-state index contributed by atoms with van der Waals surface area (Å²) in [4.78, 5) is 11.6. The van der Waals surface area contributed by atoms with Crippen molar-refractivity contribution in [2.75, 3.05) is 7.11 Å². The maximum atomic E-state index is 12.7. The van der Waals surface area contributed by atoms with E-state index < -0.39 is 15.8 Å². The molecule has 0 atom stereocenters. The molecule has 144 valence electrons. The van der Waals surface area contributed by atoms with Gasteiger partial charge in [-0.3, -0.25) is 0 Å². The number of carboxylic acid groups (broad SMARTS) is 1. The van der Waals surface area contributed by atoms with Crippen molar-refractivity contribution in [3.63, 3.8) is 0 Å². The van der Waals surface area contributed by atoms with Crippen LogP contribution < -0.4 is 9.47 Å². The number of rotatable bonds is 6. The van der Waals surface area contributed by atoms with Gasteiger partial charge in [0.25, 0.3) is 0 Å². The predicted molar refractivity (Wildman–Crippen MR) is 103 cm³/mol. The van der Waals surface area contributed by atoms with Gasteiger partial charge >= 0.3 is 5.97 Å². The Kier molecular flexibility index (Phi) is 5.37. The number of aromatic carboxylic acids is 1. The summed E-state index contributed by atoms with van der Waals surface area (Å²) in [5, 5.41) is 9.17. The molecule has 28 heavy (non-hydrogen) atoms. The Balaban J connectivity index is 1.86. The molecule has 3 aromatic rings. The zero-order chi connectivity index (χ0) is 20.3. The summed E-state index contributed by atoms with van der Waals surface area (Å²) >= 11 is 0. The first-order valence-electron chi connectivity index (χ1n) is 8.31. The van der Waals surface area contributed by atoms with Gasteiger partial charge in [0.1, 0.15) is 17.2 Å². The van der Waals surface area contributed by atoms with Crippen molar-refractivity contribution < 1.29 is 27.8 Å². The molecule has 1 N–H and O–H groups in total. The van der Waals surface area contributed by atoms with Crippen molar-refractivity contribution in [3.05, 3.63) is 77.9 Å². The van der Waals surface area contributed by atoms with Crippen molar-refractivity contribution in [1.82, 2.24) is 0 Å². The van der Waals surface area contributed by atoms with E-state index in [0.717, 1.165) is 5.56 Å². The highest BCUT2D eigenvalue weighted by Crippen LogP contribution is 2.29. The van der Waals surface area contributed by atoms with Gasteiger partial charge in [-0.2, -0.15) is 0 Å². The highest BCUT2D eigenvalue weighted by Gasteiger charge is 2.17. The number of hydrogen-bond acceptors (Lipinski definition) is 5. The topological polar surface area (TPSA) is 89.9 Å². The molecule has 0 aliphatic rings. The van der Waals surface area contributed by atoms with E-state index in [1.165, 1.54) is 43.5 Å². The number of sulfone groups is 1. The molecule has 0 spiro atoms. The molecule has 0 saturated carbocycles. The average Bonchev–Trinajstić information content (AvgIpc) is 2.68. The molecule has 0 saturated heterocycles. The molecule has 3 aromatic carbocycles. The normalized spacial score (nSPS) is 11.1. The van der Waals surface area contributed by atoms with E-state index in [9.17, 15) is 13.2 Å². The highest BCUT2D eigenvalue weighted by atomic mass is 32.2. The Hall–Kier alpha value is -3.32. The fourth-order valence-electron chi connectivity index (χ4n) is 2.55. The van der Waals surface area contributed by atoms with E-state index >= 15 is 0 Å². The molecule has 0 amide bonds. The van der Waals surface area contributed by atoms with Gasteiger partial charge in [-0.05, 0) is 55.5 Å². The van der Waals surface area contributed by atoms with Gasteiger partial charge in [0.2, 0.25) is 9.84 Å². The monoisotopic (exact) mass is 398 g/mol. The number of carbonyl (C=O) groups is 1. The van der Waals surface area contributed by atoms with E-state index in [4.69, 9.17) is 14.6 Å². The minimum Gasteiger partial charge on any atom is -0.497 e. The smallest absolute Gasteiger partial charge is 0.335 e. The van der Waals surface area contributed by atoms with Crippen LogP contribution in [0, 0.1) is 6.92 Å². The second-order valence-electron chi connectivity index (χ2n) is 6.09. The minimum atomic E-state index is -3.63. The average molecular weight is 398 g/mol. The molecule has 0 bridgehead atoms. The predicted octanol–water partition coefficient (Wildman–Crippen LogP) is 4.33. The SMILES string of the molecule is COc1cc(Oc2ccc(S(=O)(=O)c3ccc(C)cc3)cc2)cc(C(=O)O)c1. The Morgan fingerprint density at radius 1 is 0.821 bits per heavy atom. The van der Waals surface area contributed by atoms with Crippen LogP contribution in [0.4, 0.5) is 0 Å². The van der Waals surface area contributed by atoms with E-state index in [0.29, 0.717) is 11.5 Å². The van der Waals surface area contributed by atoms with Gasteiger partial charge in [-0.15, -0.1) is 0 Å². The Bertz CT molecular complexity index is 1100. The summed E-state index contributed by atoms with van der Waals surface area (Å²) in [5.74, 6) is -0.130. The molecule has 7 heteroatoms. The summed E-state index contributed by atoms with van der Waals surface area (Å²) in [6.07, 6.45) is 0. The Morgan fingerprint density at radius 2 is 1.36 bits per heavy atom. The Morgan fingerprint density at radius 3 is 1.89 bits per heavy atom. The Labute approximate surface area is 162 Å². The van der Waals surface area contributed by atoms with Gasteiger partial charge in [-0.25, -0.2) is 13.2 Å². The first kappa shape index (κ1) is 19.4. The third-order valence-electron chi connectivity index (χ3n) is 4.06. The lowest BCUT2D eigenvalue weighted by atomic mass is 10.2. The summed E-state index contributed by atoms with van der Waals surface area (Å²) in [6, 6.07) is 16.8. The lowest BCUT2D eigenvalue weighted by Crippen LogP contribution is -2.02. The summed E-state index contributed by atoms with van der Waals surface area (Å²) < 4.78 is 36.1. The van der Waals surface area contributed by atoms with Gasteiger partial charge in [0.15, 0.2) is 0 Å². The van der Waals surface area contributed by atoms with Crippen LogP contribution in [0.2, 0.25) is 0 Å². The third kappa shape index (κ3) is 4.15. The second-order valence-corrected chi connectivity index (χ2v) is 8.04. The van der Waals surface area contributed by atoms with Gasteiger partial charge in [-0.1, -0.05) is 17.7 Å². The molecule has 0 heterocycles. The maximum Gasteiger partial charge on any atom is 0.335 e. The second kappa shape index (κ2) is 7.74. The zero-order valence-corrected chi connectivity index (χ0v) is 16.1.